The van der Waals surface area contributed by atoms with E-state index in [1.165, 1.54) is 0 Å². The Bertz CT molecular complexity index is 872. The lowest BCUT2D eigenvalue weighted by Crippen LogP contribution is -2.06. The molecule has 0 fully saturated rings. The number of fused-ring (bicyclic) bond motifs is 1. The molecule has 2 aromatic carbocycles. The third-order valence-corrected chi connectivity index (χ3v) is 3.79. The summed E-state index contributed by atoms with van der Waals surface area (Å²) in [6.07, 6.45) is 0.966. The number of hydrogen-bond donors (Lipinski definition) is 1. The van der Waals surface area contributed by atoms with Crippen molar-refractivity contribution in [1.29, 1.82) is 0 Å². The second-order valence-corrected chi connectivity index (χ2v) is 6.04. The molecule has 0 aliphatic rings. The third kappa shape index (κ3) is 3.74. The summed E-state index contributed by atoms with van der Waals surface area (Å²) >= 11 is 3.42. The fourth-order valence-corrected chi connectivity index (χ4v) is 2.57. The highest BCUT2D eigenvalue weighted by atomic mass is 79.9. The average molecular weight is 374 g/mol. The van der Waals surface area contributed by atoms with Crippen LogP contribution < -0.4 is 15.7 Å². The van der Waals surface area contributed by atoms with E-state index in [2.05, 4.69) is 28.2 Å². The highest BCUT2D eigenvalue weighted by Crippen LogP contribution is 2.23. The van der Waals surface area contributed by atoms with Crippen molar-refractivity contribution < 1.29 is 9.15 Å². The van der Waals surface area contributed by atoms with Crippen LogP contribution in [0.1, 0.15) is 13.3 Å². The van der Waals surface area contributed by atoms with Crippen molar-refractivity contribution in [2.45, 2.75) is 13.3 Å². The maximum absolute atomic E-state index is 12.1. The van der Waals surface area contributed by atoms with Gasteiger partial charge in [0.15, 0.2) is 0 Å². The molecule has 1 N–H and O–H groups in total. The molecule has 0 amide bonds. The number of hydrogen-bond acceptors (Lipinski definition) is 4. The summed E-state index contributed by atoms with van der Waals surface area (Å²) in [5.74, 6) is 0.812. The van der Waals surface area contributed by atoms with Gasteiger partial charge in [0, 0.05) is 15.5 Å². The van der Waals surface area contributed by atoms with Crippen molar-refractivity contribution in [2.75, 3.05) is 11.9 Å². The van der Waals surface area contributed by atoms with Crippen LogP contribution in [0, 0.1) is 0 Å². The van der Waals surface area contributed by atoms with Crippen LogP contribution >= 0.6 is 15.9 Å². The monoisotopic (exact) mass is 373 g/mol. The predicted molar refractivity (Wildman–Crippen MR) is 95.7 cm³/mol. The van der Waals surface area contributed by atoms with Crippen LogP contribution in [0.5, 0.6) is 5.75 Å². The van der Waals surface area contributed by atoms with Crippen molar-refractivity contribution in [2.24, 2.45) is 0 Å². The lowest BCUT2D eigenvalue weighted by Gasteiger charge is -2.08. The first-order valence-corrected chi connectivity index (χ1v) is 8.18. The topological polar surface area (TPSA) is 51.5 Å². The normalized spacial score (nSPS) is 10.7. The van der Waals surface area contributed by atoms with E-state index in [0.717, 1.165) is 27.7 Å². The molecule has 3 rings (SSSR count). The Morgan fingerprint density at radius 3 is 2.65 bits per heavy atom. The molecule has 0 radical (unpaired) electrons. The summed E-state index contributed by atoms with van der Waals surface area (Å²) in [6.45, 7) is 2.75. The van der Waals surface area contributed by atoms with E-state index in [1.54, 1.807) is 12.1 Å². The number of anilines is 2. The van der Waals surface area contributed by atoms with E-state index in [1.807, 2.05) is 36.4 Å². The van der Waals surface area contributed by atoms with E-state index in [0.29, 0.717) is 17.9 Å². The van der Waals surface area contributed by atoms with Crippen molar-refractivity contribution in [1.82, 2.24) is 0 Å². The highest BCUT2D eigenvalue weighted by molar-refractivity contribution is 9.10. The van der Waals surface area contributed by atoms with Gasteiger partial charge in [-0.05, 0) is 55.0 Å². The Hall–Kier alpha value is -2.27. The zero-order chi connectivity index (χ0) is 16.2. The molecule has 3 aromatic rings. The number of benzene rings is 2. The maximum atomic E-state index is 12.1. The van der Waals surface area contributed by atoms with Gasteiger partial charge in [-0.1, -0.05) is 22.9 Å². The minimum Gasteiger partial charge on any atom is -0.494 e. The summed E-state index contributed by atoms with van der Waals surface area (Å²) in [5, 5.41) is 3.94. The smallest absolute Gasteiger partial charge is 0.360 e. The summed E-state index contributed by atoms with van der Waals surface area (Å²) in [6, 6.07) is 14.8. The van der Waals surface area contributed by atoms with Crippen LogP contribution in [0.4, 0.5) is 11.4 Å². The molecular weight excluding hydrogens is 358 g/mol. The zero-order valence-electron chi connectivity index (χ0n) is 12.6. The first-order valence-electron chi connectivity index (χ1n) is 7.39. The number of nitrogens with one attached hydrogen (secondary N) is 1. The summed E-state index contributed by atoms with van der Waals surface area (Å²) in [5.41, 5.74) is 1.37. The fraction of sp³-hybridized carbons (Fsp3) is 0.167. The van der Waals surface area contributed by atoms with E-state index >= 15 is 0 Å². The first-order chi connectivity index (χ1) is 11.2. The standard InChI is InChI=1S/C18H16BrNO3/c1-2-9-22-15-6-4-14(5-7-15)20-16-11-12-10-13(19)3-8-17(12)23-18(16)21/h3-8,10-11,20H,2,9H2,1H3. The molecule has 5 heteroatoms. The first kappa shape index (κ1) is 15.6. The van der Waals surface area contributed by atoms with Gasteiger partial charge in [0.25, 0.3) is 0 Å². The van der Waals surface area contributed by atoms with Gasteiger partial charge in [0.1, 0.15) is 17.0 Å². The number of ether oxygens (including phenoxy) is 1. The van der Waals surface area contributed by atoms with Crippen molar-refractivity contribution >= 4 is 38.3 Å². The van der Waals surface area contributed by atoms with Crippen LogP contribution in [-0.4, -0.2) is 6.61 Å². The molecule has 0 saturated carbocycles. The largest absolute Gasteiger partial charge is 0.494 e. The molecule has 0 atom stereocenters. The van der Waals surface area contributed by atoms with Crippen LogP contribution in [0.15, 0.2) is 62.2 Å². The second-order valence-electron chi connectivity index (χ2n) is 5.13. The predicted octanol–water partition coefficient (Wildman–Crippen LogP) is 5.09. The van der Waals surface area contributed by atoms with E-state index < -0.39 is 5.63 Å². The molecule has 0 aliphatic carbocycles. The van der Waals surface area contributed by atoms with Gasteiger partial charge in [-0.2, -0.15) is 0 Å². The molecule has 0 unspecified atom stereocenters. The van der Waals surface area contributed by atoms with Crippen molar-refractivity contribution in [3.05, 3.63) is 63.4 Å². The van der Waals surface area contributed by atoms with Crippen molar-refractivity contribution in [3.63, 3.8) is 0 Å². The van der Waals surface area contributed by atoms with Crippen LogP contribution in [-0.2, 0) is 0 Å². The second kappa shape index (κ2) is 6.87. The highest BCUT2D eigenvalue weighted by Gasteiger charge is 2.06. The Balaban J connectivity index is 1.85. The van der Waals surface area contributed by atoms with Gasteiger partial charge in [0.05, 0.1) is 6.61 Å². The summed E-state index contributed by atoms with van der Waals surface area (Å²) in [4.78, 5) is 12.1. The molecule has 23 heavy (non-hydrogen) atoms. The minimum atomic E-state index is -0.397. The van der Waals surface area contributed by atoms with E-state index in [9.17, 15) is 4.79 Å². The molecule has 4 nitrogen and oxygen atoms in total. The van der Waals surface area contributed by atoms with Crippen molar-refractivity contribution in [3.8, 4) is 5.75 Å². The SMILES string of the molecule is CCCOc1ccc(Nc2cc3cc(Br)ccc3oc2=O)cc1. The van der Waals surface area contributed by atoms with Crippen LogP contribution in [0.2, 0.25) is 0 Å². The molecule has 0 spiro atoms. The Morgan fingerprint density at radius 2 is 1.91 bits per heavy atom. The van der Waals surface area contributed by atoms with E-state index in [4.69, 9.17) is 9.15 Å². The van der Waals surface area contributed by atoms with Gasteiger partial charge in [0.2, 0.25) is 0 Å². The maximum Gasteiger partial charge on any atom is 0.360 e. The number of halogens is 1. The average Bonchev–Trinajstić information content (AvgIpc) is 2.55. The van der Waals surface area contributed by atoms with Gasteiger partial charge in [-0.3, -0.25) is 0 Å². The molecule has 118 valence electrons. The van der Waals surface area contributed by atoms with Gasteiger partial charge in [-0.25, -0.2) is 4.79 Å². The zero-order valence-corrected chi connectivity index (χ0v) is 14.2. The summed E-state index contributed by atoms with van der Waals surface area (Å²) < 4.78 is 11.8. The molecule has 0 bridgehead atoms. The molecular formula is C18H16BrNO3. The Kier molecular flexibility index (Phi) is 4.67. The fourth-order valence-electron chi connectivity index (χ4n) is 2.19. The lowest BCUT2D eigenvalue weighted by atomic mass is 10.2. The summed E-state index contributed by atoms with van der Waals surface area (Å²) in [7, 11) is 0. The third-order valence-electron chi connectivity index (χ3n) is 3.30. The molecule has 0 saturated heterocycles. The van der Waals surface area contributed by atoms with Gasteiger partial charge >= 0.3 is 5.63 Å². The van der Waals surface area contributed by atoms with E-state index in [-0.39, 0.29) is 0 Å². The lowest BCUT2D eigenvalue weighted by molar-refractivity contribution is 0.317. The minimum absolute atomic E-state index is 0.397. The van der Waals surface area contributed by atoms with Crippen LogP contribution in [0.25, 0.3) is 11.0 Å². The Labute approximate surface area is 142 Å². The molecule has 1 heterocycles. The Morgan fingerprint density at radius 1 is 1.13 bits per heavy atom. The molecule has 0 aliphatic heterocycles. The molecule has 1 aromatic heterocycles. The van der Waals surface area contributed by atoms with Gasteiger partial charge in [-0.15, -0.1) is 0 Å². The van der Waals surface area contributed by atoms with Crippen LogP contribution in [0.3, 0.4) is 0 Å². The number of rotatable bonds is 5. The van der Waals surface area contributed by atoms with Gasteiger partial charge < -0.3 is 14.5 Å². The quantitative estimate of drug-likeness (QED) is 0.633.